The first-order chi connectivity index (χ1) is 8.54. The van der Waals surface area contributed by atoms with Crippen LogP contribution in [0.4, 0.5) is 5.00 Å². The molecule has 0 bridgehead atoms. The molecule has 2 rings (SSSR count). The lowest BCUT2D eigenvalue weighted by Crippen LogP contribution is -2.11. The monoisotopic (exact) mass is 267 g/mol. The lowest BCUT2D eigenvalue weighted by atomic mass is 10.3. The summed E-state index contributed by atoms with van der Waals surface area (Å²) in [6.45, 7) is 4.28. The SMILES string of the molecule is CC(C)n1c(CN)nnc1-c1ccc([N+](=O)[O-])s1. The quantitative estimate of drug-likeness (QED) is 0.674. The van der Waals surface area contributed by atoms with Gasteiger partial charge in [-0.2, -0.15) is 0 Å². The topological polar surface area (TPSA) is 99.9 Å². The van der Waals surface area contributed by atoms with Crippen LogP contribution >= 0.6 is 11.3 Å². The molecule has 0 aliphatic rings. The van der Waals surface area contributed by atoms with Crippen molar-refractivity contribution in [3.05, 3.63) is 28.1 Å². The number of thiophene rings is 1. The van der Waals surface area contributed by atoms with Crippen molar-refractivity contribution in [3.63, 3.8) is 0 Å². The predicted octanol–water partition coefficient (Wildman–Crippen LogP) is 1.95. The standard InChI is InChI=1S/C10H13N5O2S/c1-6(2)14-8(5-11)12-13-10(14)7-3-4-9(18-7)15(16)17/h3-4,6H,5,11H2,1-2H3. The number of aromatic nitrogens is 3. The van der Waals surface area contributed by atoms with Gasteiger partial charge in [0.2, 0.25) is 0 Å². The Morgan fingerprint density at radius 1 is 1.50 bits per heavy atom. The number of nitrogens with zero attached hydrogens (tertiary/aromatic N) is 4. The molecule has 0 saturated carbocycles. The molecule has 0 amide bonds. The Hall–Kier alpha value is -1.80. The molecule has 2 aromatic heterocycles. The Labute approximate surface area is 107 Å². The molecule has 0 aromatic carbocycles. The van der Waals surface area contributed by atoms with Crippen LogP contribution in [0.1, 0.15) is 25.7 Å². The Kier molecular flexibility index (Phi) is 3.39. The van der Waals surface area contributed by atoms with Crippen molar-refractivity contribution in [2.45, 2.75) is 26.4 Å². The lowest BCUT2D eigenvalue weighted by Gasteiger charge is -2.11. The van der Waals surface area contributed by atoms with E-state index in [0.717, 1.165) is 16.2 Å². The molecule has 0 atom stereocenters. The molecule has 2 heterocycles. The molecule has 0 aliphatic heterocycles. The maximum absolute atomic E-state index is 10.7. The van der Waals surface area contributed by atoms with Gasteiger partial charge in [-0.1, -0.05) is 11.3 Å². The van der Waals surface area contributed by atoms with Crippen molar-refractivity contribution in [2.24, 2.45) is 5.73 Å². The van der Waals surface area contributed by atoms with E-state index in [-0.39, 0.29) is 11.0 Å². The van der Waals surface area contributed by atoms with E-state index in [0.29, 0.717) is 18.2 Å². The van der Waals surface area contributed by atoms with Gasteiger partial charge in [0.25, 0.3) is 0 Å². The maximum Gasteiger partial charge on any atom is 0.324 e. The molecular weight excluding hydrogens is 254 g/mol. The normalized spacial score (nSPS) is 11.1. The first kappa shape index (κ1) is 12.7. The Bertz CT molecular complexity index is 575. The molecule has 96 valence electrons. The Balaban J connectivity index is 2.49. The van der Waals surface area contributed by atoms with Crippen molar-refractivity contribution in [1.82, 2.24) is 14.8 Å². The van der Waals surface area contributed by atoms with Crippen LogP contribution in [0, 0.1) is 10.1 Å². The van der Waals surface area contributed by atoms with Gasteiger partial charge in [-0.25, -0.2) is 0 Å². The molecule has 2 N–H and O–H groups in total. The van der Waals surface area contributed by atoms with E-state index >= 15 is 0 Å². The summed E-state index contributed by atoms with van der Waals surface area (Å²) in [7, 11) is 0. The smallest absolute Gasteiger partial charge is 0.324 e. The number of hydrogen-bond donors (Lipinski definition) is 1. The molecule has 7 nitrogen and oxygen atoms in total. The van der Waals surface area contributed by atoms with E-state index in [1.54, 1.807) is 6.07 Å². The van der Waals surface area contributed by atoms with Crippen molar-refractivity contribution in [3.8, 4) is 10.7 Å². The third-order valence-corrected chi connectivity index (χ3v) is 3.49. The van der Waals surface area contributed by atoms with Crippen LogP contribution < -0.4 is 5.73 Å². The second kappa shape index (κ2) is 4.83. The minimum Gasteiger partial charge on any atom is -0.324 e. The second-order valence-electron chi connectivity index (χ2n) is 4.00. The fourth-order valence-corrected chi connectivity index (χ4v) is 2.52. The van der Waals surface area contributed by atoms with Crippen LogP contribution in [0.5, 0.6) is 0 Å². The highest BCUT2D eigenvalue weighted by molar-refractivity contribution is 7.18. The van der Waals surface area contributed by atoms with Crippen LogP contribution in [0.25, 0.3) is 10.7 Å². The lowest BCUT2D eigenvalue weighted by molar-refractivity contribution is -0.380. The van der Waals surface area contributed by atoms with Gasteiger partial charge in [0.1, 0.15) is 5.82 Å². The van der Waals surface area contributed by atoms with E-state index in [9.17, 15) is 10.1 Å². The minimum absolute atomic E-state index is 0.0950. The molecule has 0 fully saturated rings. The van der Waals surface area contributed by atoms with E-state index in [1.807, 2.05) is 18.4 Å². The Morgan fingerprint density at radius 2 is 2.22 bits per heavy atom. The minimum atomic E-state index is -0.409. The van der Waals surface area contributed by atoms with Gasteiger partial charge in [-0.15, -0.1) is 10.2 Å². The zero-order valence-electron chi connectivity index (χ0n) is 10.0. The molecule has 0 unspecified atom stereocenters. The maximum atomic E-state index is 10.7. The van der Waals surface area contributed by atoms with Crippen molar-refractivity contribution in [2.75, 3.05) is 0 Å². The van der Waals surface area contributed by atoms with Gasteiger partial charge in [-0.05, 0) is 19.9 Å². The molecule has 0 radical (unpaired) electrons. The average molecular weight is 267 g/mol. The van der Waals surface area contributed by atoms with Crippen molar-refractivity contribution in [1.29, 1.82) is 0 Å². The fraction of sp³-hybridized carbons (Fsp3) is 0.400. The van der Waals surface area contributed by atoms with Crippen LogP contribution in [-0.4, -0.2) is 19.7 Å². The number of nitrogens with two attached hydrogens (primary N) is 1. The third-order valence-electron chi connectivity index (χ3n) is 2.46. The first-order valence-electron chi connectivity index (χ1n) is 5.43. The summed E-state index contributed by atoms with van der Waals surface area (Å²) < 4.78 is 1.90. The van der Waals surface area contributed by atoms with E-state index in [1.165, 1.54) is 6.07 Å². The summed E-state index contributed by atoms with van der Waals surface area (Å²) >= 11 is 1.09. The van der Waals surface area contributed by atoms with Crippen LogP contribution in [-0.2, 0) is 6.54 Å². The van der Waals surface area contributed by atoms with Gasteiger partial charge in [-0.3, -0.25) is 10.1 Å². The highest BCUT2D eigenvalue weighted by Gasteiger charge is 2.19. The first-order valence-corrected chi connectivity index (χ1v) is 6.24. The zero-order valence-corrected chi connectivity index (χ0v) is 10.8. The largest absolute Gasteiger partial charge is 0.324 e. The highest BCUT2D eigenvalue weighted by Crippen LogP contribution is 2.33. The zero-order chi connectivity index (χ0) is 13.3. The molecule has 0 spiro atoms. The summed E-state index contributed by atoms with van der Waals surface area (Å²) in [6.07, 6.45) is 0. The van der Waals surface area contributed by atoms with Gasteiger partial charge < -0.3 is 10.3 Å². The highest BCUT2D eigenvalue weighted by atomic mass is 32.1. The van der Waals surface area contributed by atoms with Gasteiger partial charge >= 0.3 is 5.00 Å². The number of hydrogen-bond acceptors (Lipinski definition) is 6. The van der Waals surface area contributed by atoms with Crippen LogP contribution in [0.3, 0.4) is 0 Å². The summed E-state index contributed by atoms with van der Waals surface area (Å²) in [5, 5.41) is 18.9. The summed E-state index contributed by atoms with van der Waals surface area (Å²) in [4.78, 5) is 11.0. The molecule has 0 saturated heterocycles. The molecule has 8 heteroatoms. The summed E-state index contributed by atoms with van der Waals surface area (Å²) in [6, 6.07) is 3.31. The average Bonchev–Trinajstić information content (AvgIpc) is 2.94. The van der Waals surface area contributed by atoms with E-state index in [4.69, 9.17) is 5.73 Å². The number of rotatable bonds is 4. The molecule has 18 heavy (non-hydrogen) atoms. The molecule has 2 aromatic rings. The molecule has 0 aliphatic carbocycles. The fourth-order valence-electron chi connectivity index (χ4n) is 1.72. The van der Waals surface area contributed by atoms with E-state index < -0.39 is 4.92 Å². The third kappa shape index (κ3) is 2.12. The van der Waals surface area contributed by atoms with Crippen LogP contribution in [0.15, 0.2) is 12.1 Å². The van der Waals surface area contributed by atoms with Crippen molar-refractivity contribution >= 4 is 16.3 Å². The summed E-state index contributed by atoms with van der Waals surface area (Å²) in [5.41, 5.74) is 5.61. The van der Waals surface area contributed by atoms with Gasteiger partial charge in [0, 0.05) is 12.1 Å². The second-order valence-corrected chi connectivity index (χ2v) is 5.06. The molecular formula is C10H13N5O2S. The summed E-state index contributed by atoms with van der Waals surface area (Å²) in [5.74, 6) is 1.31. The van der Waals surface area contributed by atoms with E-state index in [2.05, 4.69) is 10.2 Å². The van der Waals surface area contributed by atoms with Crippen LogP contribution in [0.2, 0.25) is 0 Å². The Morgan fingerprint density at radius 3 is 2.72 bits per heavy atom. The van der Waals surface area contributed by atoms with Crippen molar-refractivity contribution < 1.29 is 4.92 Å². The van der Waals surface area contributed by atoms with Gasteiger partial charge in [0.05, 0.1) is 16.3 Å². The van der Waals surface area contributed by atoms with Gasteiger partial charge in [0.15, 0.2) is 5.82 Å². The number of nitro groups is 1. The predicted molar refractivity (Wildman–Crippen MR) is 68.3 cm³/mol.